The van der Waals surface area contributed by atoms with E-state index in [1.54, 1.807) is 12.1 Å². The van der Waals surface area contributed by atoms with Crippen LogP contribution in [0.5, 0.6) is 5.75 Å². The molecule has 0 bridgehead atoms. The first-order valence-electron chi connectivity index (χ1n) is 7.89. The van der Waals surface area contributed by atoms with Gasteiger partial charge in [0.1, 0.15) is 5.75 Å². The molecule has 0 aliphatic rings. The van der Waals surface area contributed by atoms with Crippen LogP contribution in [0.2, 0.25) is 0 Å². The van der Waals surface area contributed by atoms with E-state index in [9.17, 15) is 4.79 Å². The zero-order valence-corrected chi connectivity index (χ0v) is 15.1. The van der Waals surface area contributed by atoms with E-state index in [2.05, 4.69) is 4.90 Å². The lowest BCUT2D eigenvalue weighted by Crippen LogP contribution is -2.27. The fourth-order valence-electron chi connectivity index (χ4n) is 2.38. The highest BCUT2D eigenvalue weighted by molar-refractivity contribution is 6.18. The fourth-order valence-corrected chi connectivity index (χ4v) is 2.79. The summed E-state index contributed by atoms with van der Waals surface area (Å²) in [6, 6.07) is 17.0. The summed E-state index contributed by atoms with van der Waals surface area (Å²) >= 11 is 11.6. The predicted molar refractivity (Wildman–Crippen MR) is 101 cm³/mol. The Morgan fingerprint density at radius 1 is 1.00 bits per heavy atom. The first-order chi connectivity index (χ1) is 11.7. The Bertz CT molecular complexity index is 626. The average molecular weight is 366 g/mol. The first-order valence-corrected chi connectivity index (χ1v) is 8.96. The van der Waals surface area contributed by atoms with Crippen LogP contribution in [-0.4, -0.2) is 30.8 Å². The van der Waals surface area contributed by atoms with Gasteiger partial charge in [-0.05, 0) is 36.8 Å². The lowest BCUT2D eigenvalue weighted by atomic mass is 10.0. The van der Waals surface area contributed by atoms with E-state index in [-0.39, 0.29) is 11.9 Å². The Labute approximate surface area is 153 Å². The number of halogens is 2. The molecule has 0 fully saturated rings. The number of rotatable bonds is 8. The minimum absolute atomic E-state index is 0.271. The van der Waals surface area contributed by atoms with Crippen LogP contribution in [0.3, 0.4) is 0 Å². The summed E-state index contributed by atoms with van der Waals surface area (Å²) < 4.78 is 5.48. The monoisotopic (exact) mass is 365 g/mol. The Balaban J connectivity index is 2.01. The number of esters is 1. The lowest BCUT2D eigenvalue weighted by Gasteiger charge is -2.23. The van der Waals surface area contributed by atoms with Crippen molar-refractivity contribution in [2.75, 3.05) is 29.7 Å². The van der Waals surface area contributed by atoms with E-state index in [1.807, 2.05) is 49.4 Å². The summed E-state index contributed by atoms with van der Waals surface area (Å²) in [5.41, 5.74) is 1.95. The first kappa shape index (κ1) is 18.6. The average Bonchev–Trinajstić information content (AvgIpc) is 2.62. The predicted octanol–water partition coefficient (Wildman–Crippen LogP) is 4.68. The molecule has 0 aromatic heterocycles. The summed E-state index contributed by atoms with van der Waals surface area (Å²) in [5, 5.41) is 0. The van der Waals surface area contributed by atoms with Gasteiger partial charge in [-0.15, -0.1) is 23.2 Å². The topological polar surface area (TPSA) is 29.5 Å². The molecule has 0 N–H and O–H groups in total. The van der Waals surface area contributed by atoms with Crippen molar-refractivity contribution in [2.24, 2.45) is 0 Å². The number of anilines is 1. The van der Waals surface area contributed by atoms with Gasteiger partial charge in [0.25, 0.3) is 0 Å². The molecule has 1 unspecified atom stereocenters. The highest BCUT2D eigenvalue weighted by atomic mass is 35.5. The van der Waals surface area contributed by atoms with Gasteiger partial charge in [-0.3, -0.25) is 4.79 Å². The lowest BCUT2D eigenvalue weighted by molar-refractivity contribution is -0.135. The van der Waals surface area contributed by atoms with Crippen molar-refractivity contribution in [3.8, 4) is 5.75 Å². The van der Waals surface area contributed by atoms with Crippen LogP contribution in [0, 0.1) is 0 Å². The third-order valence-electron chi connectivity index (χ3n) is 3.78. The zero-order chi connectivity index (χ0) is 17.4. The zero-order valence-electron chi connectivity index (χ0n) is 13.6. The second-order valence-electron chi connectivity index (χ2n) is 5.41. The molecule has 0 heterocycles. The molecule has 0 radical (unpaired) electrons. The molecular weight excluding hydrogens is 345 g/mol. The Morgan fingerprint density at radius 2 is 1.58 bits per heavy atom. The van der Waals surface area contributed by atoms with Crippen molar-refractivity contribution in [3.05, 3.63) is 60.2 Å². The van der Waals surface area contributed by atoms with Gasteiger partial charge in [0.15, 0.2) is 0 Å². The summed E-state index contributed by atoms with van der Waals surface area (Å²) in [4.78, 5) is 14.4. The Kier molecular flexibility index (Phi) is 7.41. The van der Waals surface area contributed by atoms with Crippen LogP contribution in [0.15, 0.2) is 54.6 Å². The molecule has 2 rings (SSSR count). The van der Waals surface area contributed by atoms with E-state index in [0.29, 0.717) is 17.5 Å². The number of alkyl halides is 2. The summed E-state index contributed by atoms with van der Waals surface area (Å²) in [5.74, 6) is 1.01. The fraction of sp³-hybridized carbons (Fsp3) is 0.316. The minimum atomic E-state index is -0.310. The van der Waals surface area contributed by atoms with Gasteiger partial charge in [-0.1, -0.05) is 30.3 Å². The number of nitrogens with zero attached hydrogens (tertiary/aromatic N) is 1. The number of hydrogen-bond acceptors (Lipinski definition) is 3. The molecule has 0 saturated heterocycles. The van der Waals surface area contributed by atoms with Gasteiger partial charge < -0.3 is 9.64 Å². The van der Waals surface area contributed by atoms with Crippen LogP contribution in [0.4, 0.5) is 5.69 Å². The number of hydrogen-bond donors (Lipinski definition) is 0. The normalized spacial score (nSPS) is 11.8. The summed E-state index contributed by atoms with van der Waals surface area (Å²) in [7, 11) is 0. The van der Waals surface area contributed by atoms with Crippen molar-refractivity contribution in [1.82, 2.24) is 0 Å². The smallest absolute Gasteiger partial charge is 0.318 e. The molecular formula is C19H21Cl2NO2. The maximum Gasteiger partial charge on any atom is 0.318 e. The third kappa shape index (κ3) is 5.15. The highest BCUT2D eigenvalue weighted by Crippen LogP contribution is 2.22. The summed E-state index contributed by atoms with van der Waals surface area (Å²) in [6.45, 7) is 3.28. The molecule has 5 heteroatoms. The maximum atomic E-state index is 12.3. The second-order valence-corrected chi connectivity index (χ2v) is 6.17. The quantitative estimate of drug-likeness (QED) is 0.386. The van der Waals surface area contributed by atoms with Gasteiger partial charge in [0.05, 0.1) is 5.92 Å². The van der Waals surface area contributed by atoms with Crippen molar-refractivity contribution in [3.63, 3.8) is 0 Å². The van der Waals surface area contributed by atoms with Crippen LogP contribution in [-0.2, 0) is 4.79 Å². The molecule has 0 amide bonds. The minimum Gasteiger partial charge on any atom is -0.426 e. The van der Waals surface area contributed by atoms with E-state index in [4.69, 9.17) is 27.9 Å². The second kappa shape index (κ2) is 9.55. The van der Waals surface area contributed by atoms with Crippen LogP contribution >= 0.6 is 23.2 Å². The van der Waals surface area contributed by atoms with E-state index in [0.717, 1.165) is 24.3 Å². The number of benzene rings is 2. The van der Waals surface area contributed by atoms with E-state index in [1.165, 1.54) is 0 Å². The number of ether oxygens (including phenoxy) is 1. The standard InChI is InChI=1S/C19H21Cl2NO2/c1-15(16-5-3-2-4-6-16)19(23)24-18-9-7-17(8-10-18)22(13-11-20)14-12-21/h2-10,15H,11-14H2,1H3. The number of carbonyl (C=O) groups excluding carboxylic acids is 1. The van der Waals surface area contributed by atoms with Crippen molar-refractivity contribution < 1.29 is 9.53 Å². The largest absolute Gasteiger partial charge is 0.426 e. The Morgan fingerprint density at radius 3 is 2.12 bits per heavy atom. The van der Waals surface area contributed by atoms with Crippen molar-refractivity contribution in [2.45, 2.75) is 12.8 Å². The third-order valence-corrected chi connectivity index (χ3v) is 4.12. The molecule has 2 aromatic carbocycles. The highest BCUT2D eigenvalue weighted by Gasteiger charge is 2.17. The molecule has 2 aromatic rings. The molecule has 128 valence electrons. The molecule has 1 atom stereocenters. The Hall–Kier alpha value is -1.71. The van der Waals surface area contributed by atoms with Crippen molar-refractivity contribution in [1.29, 1.82) is 0 Å². The SMILES string of the molecule is CC(C(=O)Oc1ccc(N(CCCl)CCCl)cc1)c1ccccc1. The van der Waals surface area contributed by atoms with Crippen LogP contribution in [0.1, 0.15) is 18.4 Å². The van der Waals surface area contributed by atoms with E-state index < -0.39 is 0 Å². The van der Waals surface area contributed by atoms with Gasteiger partial charge in [0, 0.05) is 30.5 Å². The molecule has 24 heavy (non-hydrogen) atoms. The molecule has 0 spiro atoms. The molecule has 0 aliphatic heterocycles. The van der Waals surface area contributed by atoms with Gasteiger partial charge in [-0.2, -0.15) is 0 Å². The van der Waals surface area contributed by atoms with Crippen LogP contribution < -0.4 is 9.64 Å². The van der Waals surface area contributed by atoms with E-state index >= 15 is 0 Å². The molecule has 3 nitrogen and oxygen atoms in total. The number of carbonyl (C=O) groups is 1. The van der Waals surface area contributed by atoms with Gasteiger partial charge in [-0.25, -0.2) is 0 Å². The summed E-state index contributed by atoms with van der Waals surface area (Å²) in [6.07, 6.45) is 0. The van der Waals surface area contributed by atoms with Crippen molar-refractivity contribution >= 4 is 34.9 Å². The molecule has 0 aliphatic carbocycles. The maximum absolute atomic E-state index is 12.3. The van der Waals surface area contributed by atoms with Gasteiger partial charge in [0.2, 0.25) is 0 Å². The van der Waals surface area contributed by atoms with Crippen LogP contribution in [0.25, 0.3) is 0 Å². The molecule has 0 saturated carbocycles. The van der Waals surface area contributed by atoms with Gasteiger partial charge >= 0.3 is 5.97 Å².